The molecule has 1 atom stereocenters. The highest BCUT2D eigenvalue weighted by molar-refractivity contribution is 5.94. The van der Waals surface area contributed by atoms with Crippen molar-refractivity contribution in [2.24, 2.45) is 0 Å². The summed E-state index contributed by atoms with van der Waals surface area (Å²) in [6.07, 6.45) is 0.454. The first kappa shape index (κ1) is 20.5. The number of anilines is 1. The molecule has 2 aromatic carbocycles. The topological polar surface area (TPSA) is 58.6 Å². The number of nitrogens with one attached hydrogen (secondary N) is 1. The van der Waals surface area contributed by atoms with Gasteiger partial charge in [-0.3, -0.25) is 9.59 Å². The molecule has 2 rings (SSSR count). The summed E-state index contributed by atoms with van der Waals surface area (Å²) in [5, 5.41) is 2.89. The highest BCUT2D eigenvalue weighted by atomic mass is 16.5. The second-order valence-electron chi connectivity index (χ2n) is 6.96. The molecule has 2 aromatic rings. The Bertz CT molecular complexity index is 795. The summed E-state index contributed by atoms with van der Waals surface area (Å²) in [7, 11) is 3.49. The van der Waals surface area contributed by atoms with Crippen molar-refractivity contribution in [2.75, 3.05) is 19.4 Å². The van der Waals surface area contributed by atoms with E-state index in [0.29, 0.717) is 18.5 Å². The fourth-order valence-corrected chi connectivity index (χ4v) is 2.74. The summed E-state index contributed by atoms with van der Waals surface area (Å²) in [6.45, 7) is 5.66. The Hall–Kier alpha value is -2.82. The van der Waals surface area contributed by atoms with Crippen molar-refractivity contribution in [3.8, 4) is 5.75 Å². The summed E-state index contributed by atoms with van der Waals surface area (Å²) in [5.74, 6) is 0.621. The SMILES string of the molecule is Cc1cccc(C)c1OC(C)C(=O)Nc1cccc(CCC(=O)N(C)C)c1. The Morgan fingerprint density at radius 1 is 1.07 bits per heavy atom. The van der Waals surface area contributed by atoms with E-state index in [1.807, 2.05) is 56.3 Å². The van der Waals surface area contributed by atoms with E-state index in [0.717, 1.165) is 22.4 Å². The summed E-state index contributed by atoms with van der Waals surface area (Å²) in [6, 6.07) is 13.5. The first-order chi connectivity index (χ1) is 12.8. The van der Waals surface area contributed by atoms with Crippen molar-refractivity contribution < 1.29 is 14.3 Å². The van der Waals surface area contributed by atoms with Gasteiger partial charge in [-0.1, -0.05) is 30.3 Å². The van der Waals surface area contributed by atoms with Gasteiger partial charge in [-0.15, -0.1) is 0 Å². The summed E-state index contributed by atoms with van der Waals surface area (Å²) < 4.78 is 5.88. The normalized spacial score (nSPS) is 11.6. The fourth-order valence-electron chi connectivity index (χ4n) is 2.74. The van der Waals surface area contributed by atoms with Crippen LogP contribution in [-0.2, 0) is 16.0 Å². The minimum Gasteiger partial charge on any atom is -0.480 e. The van der Waals surface area contributed by atoms with E-state index in [-0.39, 0.29) is 11.8 Å². The minimum absolute atomic E-state index is 0.0834. The lowest BCUT2D eigenvalue weighted by Crippen LogP contribution is -2.30. The lowest BCUT2D eigenvalue weighted by atomic mass is 10.1. The largest absolute Gasteiger partial charge is 0.480 e. The van der Waals surface area contributed by atoms with Crippen molar-refractivity contribution in [2.45, 2.75) is 39.7 Å². The van der Waals surface area contributed by atoms with Crippen LogP contribution in [-0.4, -0.2) is 36.9 Å². The third-order valence-electron chi connectivity index (χ3n) is 4.39. The number of amides is 2. The monoisotopic (exact) mass is 368 g/mol. The molecule has 0 aromatic heterocycles. The molecule has 1 N–H and O–H groups in total. The molecule has 0 aliphatic heterocycles. The lowest BCUT2D eigenvalue weighted by molar-refractivity contribution is -0.128. The van der Waals surface area contributed by atoms with E-state index in [2.05, 4.69) is 5.32 Å². The average Bonchev–Trinajstić information content (AvgIpc) is 2.62. The van der Waals surface area contributed by atoms with Gasteiger partial charge in [0, 0.05) is 26.2 Å². The average molecular weight is 368 g/mol. The Morgan fingerprint density at radius 3 is 2.33 bits per heavy atom. The van der Waals surface area contributed by atoms with Crippen molar-refractivity contribution in [1.29, 1.82) is 0 Å². The molecule has 1 unspecified atom stereocenters. The van der Waals surface area contributed by atoms with Crippen LogP contribution in [0.1, 0.15) is 30.0 Å². The van der Waals surface area contributed by atoms with Gasteiger partial charge in [-0.05, 0) is 56.0 Å². The standard InChI is InChI=1S/C22H28N2O3/c1-15-8-6-9-16(2)21(15)27-17(3)22(26)23-19-11-7-10-18(14-19)12-13-20(25)24(4)5/h6-11,14,17H,12-13H2,1-5H3,(H,23,26). The van der Waals surface area contributed by atoms with Crippen LogP contribution < -0.4 is 10.1 Å². The van der Waals surface area contributed by atoms with Crippen LogP contribution in [0.2, 0.25) is 0 Å². The van der Waals surface area contributed by atoms with Gasteiger partial charge >= 0.3 is 0 Å². The lowest BCUT2D eigenvalue weighted by Gasteiger charge is -2.18. The molecule has 0 bridgehead atoms. The number of carbonyl (C=O) groups excluding carboxylic acids is 2. The molecule has 144 valence electrons. The Balaban J connectivity index is 1.98. The van der Waals surface area contributed by atoms with E-state index >= 15 is 0 Å². The number of para-hydroxylation sites is 1. The van der Waals surface area contributed by atoms with Gasteiger partial charge in [0.1, 0.15) is 5.75 Å². The van der Waals surface area contributed by atoms with E-state index in [9.17, 15) is 9.59 Å². The quantitative estimate of drug-likeness (QED) is 0.810. The summed E-state index contributed by atoms with van der Waals surface area (Å²) in [5.41, 5.74) is 3.71. The molecule has 0 aliphatic carbocycles. The van der Waals surface area contributed by atoms with Crippen LogP contribution >= 0.6 is 0 Å². The first-order valence-corrected chi connectivity index (χ1v) is 9.10. The van der Waals surface area contributed by atoms with Crippen LogP contribution in [0.25, 0.3) is 0 Å². The van der Waals surface area contributed by atoms with Crippen LogP contribution in [0.15, 0.2) is 42.5 Å². The number of aryl methyl sites for hydroxylation is 3. The number of benzene rings is 2. The molecule has 0 radical (unpaired) electrons. The predicted molar refractivity (Wildman–Crippen MR) is 108 cm³/mol. The molecular weight excluding hydrogens is 340 g/mol. The van der Waals surface area contributed by atoms with E-state index < -0.39 is 6.10 Å². The third kappa shape index (κ3) is 5.84. The van der Waals surface area contributed by atoms with Gasteiger partial charge in [-0.25, -0.2) is 0 Å². The number of hydrogen-bond acceptors (Lipinski definition) is 3. The number of nitrogens with zero attached hydrogens (tertiary/aromatic N) is 1. The second-order valence-corrected chi connectivity index (χ2v) is 6.96. The third-order valence-corrected chi connectivity index (χ3v) is 4.39. The van der Waals surface area contributed by atoms with Crippen LogP contribution in [0.5, 0.6) is 5.75 Å². The molecule has 0 aliphatic rings. The zero-order valence-corrected chi connectivity index (χ0v) is 16.7. The fraction of sp³-hybridized carbons (Fsp3) is 0.364. The van der Waals surface area contributed by atoms with Gasteiger partial charge < -0.3 is 15.0 Å². The molecule has 2 amide bonds. The maximum Gasteiger partial charge on any atom is 0.265 e. The molecule has 27 heavy (non-hydrogen) atoms. The van der Waals surface area contributed by atoms with Crippen LogP contribution in [0.4, 0.5) is 5.69 Å². The van der Waals surface area contributed by atoms with E-state index in [1.165, 1.54) is 0 Å². The van der Waals surface area contributed by atoms with Gasteiger partial charge in [0.2, 0.25) is 5.91 Å². The summed E-state index contributed by atoms with van der Waals surface area (Å²) in [4.78, 5) is 25.8. The molecule has 0 fully saturated rings. The van der Waals surface area contributed by atoms with Gasteiger partial charge in [0.15, 0.2) is 6.10 Å². The second kappa shape index (κ2) is 9.21. The number of ether oxygens (including phenoxy) is 1. The number of hydrogen-bond donors (Lipinski definition) is 1. The van der Waals surface area contributed by atoms with Crippen molar-refractivity contribution in [3.63, 3.8) is 0 Å². The van der Waals surface area contributed by atoms with E-state index in [1.54, 1.807) is 25.9 Å². The molecule has 0 saturated heterocycles. The zero-order valence-electron chi connectivity index (χ0n) is 16.7. The molecular formula is C22H28N2O3. The first-order valence-electron chi connectivity index (χ1n) is 9.10. The molecule has 0 heterocycles. The maximum absolute atomic E-state index is 12.5. The molecule has 0 saturated carbocycles. The van der Waals surface area contributed by atoms with Crippen LogP contribution in [0.3, 0.4) is 0 Å². The highest BCUT2D eigenvalue weighted by Crippen LogP contribution is 2.24. The van der Waals surface area contributed by atoms with Gasteiger partial charge in [-0.2, -0.15) is 0 Å². The summed E-state index contributed by atoms with van der Waals surface area (Å²) >= 11 is 0. The zero-order chi connectivity index (χ0) is 20.0. The van der Waals surface area contributed by atoms with Gasteiger partial charge in [0.25, 0.3) is 5.91 Å². The van der Waals surface area contributed by atoms with Crippen LogP contribution in [0, 0.1) is 13.8 Å². The number of carbonyl (C=O) groups is 2. The van der Waals surface area contributed by atoms with E-state index in [4.69, 9.17) is 4.74 Å². The molecule has 5 heteroatoms. The minimum atomic E-state index is -0.622. The highest BCUT2D eigenvalue weighted by Gasteiger charge is 2.17. The molecule has 5 nitrogen and oxygen atoms in total. The Morgan fingerprint density at radius 2 is 1.70 bits per heavy atom. The smallest absolute Gasteiger partial charge is 0.265 e. The Labute approximate surface area is 161 Å². The van der Waals surface area contributed by atoms with Crippen molar-refractivity contribution in [3.05, 3.63) is 59.2 Å². The predicted octanol–water partition coefficient (Wildman–Crippen LogP) is 3.73. The van der Waals surface area contributed by atoms with Crippen molar-refractivity contribution in [1.82, 2.24) is 4.90 Å². The molecule has 0 spiro atoms. The maximum atomic E-state index is 12.5. The van der Waals surface area contributed by atoms with Crippen molar-refractivity contribution >= 4 is 17.5 Å². The number of rotatable bonds is 7. The Kier molecular flexibility index (Phi) is 6.99. The van der Waals surface area contributed by atoms with Gasteiger partial charge in [0.05, 0.1) is 0 Å².